The number of hydrogen-bond acceptors (Lipinski definition) is 6. The molecule has 2 aromatic carbocycles. The normalized spacial score (nSPS) is 15.9. The minimum atomic E-state index is -1.21. The molecule has 7 heteroatoms. The number of carbonyl (C=O) groups excluding carboxylic acids is 4. The molecule has 0 aromatic heterocycles. The molecule has 1 fully saturated rings. The Labute approximate surface area is 257 Å². The smallest absolute Gasteiger partial charge is 0.329 e. The van der Waals surface area contributed by atoms with Crippen LogP contribution in [0.1, 0.15) is 108 Å². The highest BCUT2D eigenvalue weighted by molar-refractivity contribution is 6.38. The molecule has 0 aliphatic carbocycles. The zero-order valence-electron chi connectivity index (χ0n) is 26.4. The third kappa shape index (κ3) is 10.6. The molecule has 1 saturated heterocycles. The van der Waals surface area contributed by atoms with Crippen molar-refractivity contribution >= 4 is 23.6 Å². The van der Waals surface area contributed by atoms with Crippen LogP contribution in [-0.4, -0.2) is 47.7 Å². The van der Waals surface area contributed by atoms with Crippen LogP contribution < -0.4 is 0 Å². The maximum atomic E-state index is 13.6. The Kier molecular flexibility index (Phi) is 13.4. The molecule has 1 heterocycles. The van der Waals surface area contributed by atoms with Crippen LogP contribution in [-0.2, 0) is 35.1 Å². The summed E-state index contributed by atoms with van der Waals surface area (Å²) in [7, 11) is 0. The van der Waals surface area contributed by atoms with Crippen LogP contribution in [0.5, 0.6) is 0 Å². The molecule has 2 unspecified atom stereocenters. The van der Waals surface area contributed by atoms with Crippen LogP contribution in [0, 0.1) is 12.3 Å². The highest BCUT2D eigenvalue weighted by Crippen LogP contribution is 2.29. The number of aryl methyl sites for hydroxylation is 2. The van der Waals surface area contributed by atoms with Crippen molar-refractivity contribution in [2.75, 3.05) is 13.2 Å². The number of hydrogen-bond donors (Lipinski definition) is 0. The van der Waals surface area contributed by atoms with Gasteiger partial charge >= 0.3 is 11.9 Å². The fraction of sp³-hybridized carbons (Fsp3) is 0.556. The van der Waals surface area contributed by atoms with Crippen molar-refractivity contribution in [2.24, 2.45) is 5.41 Å². The molecule has 1 aliphatic rings. The summed E-state index contributed by atoms with van der Waals surface area (Å²) in [4.78, 5) is 54.2. The van der Waals surface area contributed by atoms with Crippen molar-refractivity contribution in [3.63, 3.8) is 0 Å². The van der Waals surface area contributed by atoms with Gasteiger partial charge in [0.05, 0.1) is 5.41 Å². The summed E-state index contributed by atoms with van der Waals surface area (Å²) in [6, 6.07) is 17.1. The van der Waals surface area contributed by atoms with Gasteiger partial charge in [0.15, 0.2) is 0 Å². The van der Waals surface area contributed by atoms with E-state index in [2.05, 4.69) is 19.1 Å². The van der Waals surface area contributed by atoms with E-state index in [9.17, 15) is 19.2 Å². The lowest BCUT2D eigenvalue weighted by Gasteiger charge is -2.36. The number of ether oxygens (including phenoxy) is 2. The highest BCUT2D eigenvalue weighted by Gasteiger charge is 2.42. The van der Waals surface area contributed by atoms with Crippen molar-refractivity contribution in [3.8, 4) is 0 Å². The van der Waals surface area contributed by atoms with Crippen molar-refractivity contribution in [1.82, 2.24) is 4.90 Å². The molecular formula is C36H49NO6. The fourth-order valence-electron chi connectivity index (χ4n) is 5.44. The summed E-state index contributed by atoms with van der Waals surface area (Å²) >= 11 is 0. The van der Waals surface area contributed by atoms with E-state index in [0.717, 1.165) is 61.6 Å². The van der Waals surface area contributed by atoms with Crippen LogP contribution in [0.4, 0.5) is 0 Å². The average molecular weight is 592 g/mol. The van der Waals surface area contributed by atoms with Gasteiger partial charge in [-0.1, -0.05) is 92.8 Å². The SMILES string of the molecule is CCCCCCCC(=O)OCC(C)(C)C(=O)C(=O)N1CCCCC1C(=O)OC(CCc1ccccc1)c1cccc(C)c1. The lowest BCUT2D eigenvalue weighted by molar-refractivity contribution is -0.165. The standard InChI is InChI=1S/C36H49NO6/c1-5-6-7-8-12-21-32(38)42-26-36(3,4)33(39)34(40)37-24-14-13-20-30(37)35(41)43-31(29-19-15-16-27(2)25-29)23-22-28-17-10-9-11-18-28/h9-11,15-19,25,30-31H,5-8,12-14,20-24,26H2,1-4H3. The molecule has 43 heavy (non-hydrogen) atoms. The molecule has 0 spiro atoms. The first-order valence-electron chi connectivity index (χ1n) is 15.9. The third-order valence-corrected chi connectivity index (χ3v) is 8.13. The maximum Gasteiger partial charge on any atom is 0.329 e. The van der Waals surface area contributed by atoms with E-state index in [0.29, 0.717) is 32.2 Å². The molecule has 2 aromatic rings. The second-order valence-corrected chi connectivity index (χ2v) is 12.4. The molecular weight excluding hydrogens is 542 g/mol. The minimum Gasteiger partial charge on any atom is -0.465 e. The Bertz CT molecular complexity index is 1210. The van der Waals surface area contributed by atoms with Crippen molar-refractivity contribution < 1.29 is 28.7 Å². The number of Topliss-reactive ketones (excluding diaryl/α,β-unsaturated/α-hetero) is 1. The van der Waals surface area contributed by atoms with E-state index in [1.54, 1.807) is 13.8 Å². The van der Waals surface area contributed by atoms with Crippen LogP contribution in [0.15, 0.2) is 54.6 Å². The predicted molar refractivity (Wildman–Crippen MR) is 167 cm³/mol. The zero-order valence-corrected chi connectivity index (χ0v) is 26.4. The molecule has 0 saturated carbocycles. The lowest BCUT2D eigenvalue weighted by atomic mass is 9.87. The van der Waals surface area contributed by atoms with Crippen molar-refractivity contribution in [3.05, 3.63) is 71.3 Å². The number of benzene rings is 2. The van der Waals surface area contributed by atoms with Gasteiger partial charge in [0.2, 0.25) is 5.78 Å². The van der Waals surface area contributed by atoms with E-state index in [4.69, 9.17) is 9.47 Å². The van der Waals surface area contributed by atoms with E-state index in [1.807, 2.05) is 49.4 Å². The molecule has 1 aliphatic heterocycles. The van der Waals surface area contributed by atoms with Gasteiger partial charge in [-0.3, -0.25) is 14.4 Å². The number of piperidine rings is 1. The van der Waals surface area contributed by atoms with Crippen LogP contribution in [0.3, 0.4) is 0 Å². The first-order valence-corrected chi connectivity index (χ1v) is 15.9. The number of unbranched alkanes of at least 4 members (excludes halogenated alkanes) is 4. The predicted octanol–water partition coefficient (Wildman–Crippen LogP) is 7.09. The Morgan fingerprint density at radius 1 is 0.953 bits per heavy atom. The number of nitrogens with zero attached hydrogens (tertiary/aromatic N) is 1. The van der Waals surface area contributed by atoms with E-state index < -0.39 is 35.2 Å². The molecule has 234 valence electrons. The van der Waals surface area contributed by atoms with Gasteiger partial charge in [0.25, 0.3) is 5.91 Å². The van der Waals surface area contributed by atoms with E-state index in [1.165, 1.54) is 4.90 Å². The Hall–Kier alpha value is -3.48. The second-order valence-electron chi connectivity index (χ2n) is 12.4. The molecule has 0 radical (unpaired) electrons. The van der Waals surface area contributed by atoms with Crippen LogP contribution >= 0.6 is 0 Å². The van der Waals surface area contributed by atoms with E-state index >= 15 is 0 Å². The molecule has 0 bridgehead atoms. The third-order valence-electron chi connectivity index (χ3n) is 8.13. The van der Waals surface area contributed by atoms with E-state index in [-0.39, 0.29) is 12.6 Å². The summed E-state index contributed by atoms with van der Waals surface area (Å²) in [6.07, 6.45) is 8.10. The van der Waals surface area contributed by atoms with Gasteiger partial charge in [-0.25, -0.2) is 4.79 Å². The lowest BCUT2D eigenvalue weighted by Crippen LogP contribution is -2.53. The van der Waals surface area contributed by atoms with Gasteiger partial charge in [0, 0.05) is 13.0 Å². The van der Waals surface area contributed by atoms with Crippen molar-refractivity contribution in [2.45, 2.75) is 110 Å². The Balaban J connectivity index is 1.65. The van der Waals surface area contributed by atoms with Gasteiger partial charge in [-0.05, 0) is 70.4 Å². The fourth-order valence-corrected chi connectivity index (χ4v) is 5.44. The monoisotopic (exact) mass is 591 g/mol. The molecule has 3 rings (SSSR count). The number of esters is 2. The van der Waals surface area contributed by atoms with Crippen LogP contribution in [0.25, 0.3) is 0 Å². The summed E-state index contributed by atoms with van der Waals surface area (Å²) in [5.41, 5.74) is 1.91. The molecule has 1 amide bonds. The van der Waals surface area contributed by atoms with Crippen molar-refractivity contribution in [1.29, 1.82) is 0 Å². The number of likely N-dealkylation sites (tertiary alicyclic amines) is 1. The number of ketones is 1. The quantitative estimate of drug-likeness (QED) is 0.118. The molecule has 2 atom stereocenters. The average Bonchev–Trinajstić information content (AvgIpc) is 3.01. The first kappa shape index (κ1) is 34.0. The topological polar surface area (TPSA) is 90.0 Å². The molecule has 7 nitrogen and oxygen atoms in total. The Morgan fingerprint density at radius 2 is 1.70 bits per heavy atom. The Morgan fingerprint density at radius 3 is 2.42 bits per heavy atom. The minimum absolute atomic E-state index is 0.177. The van der Waals surface area contributed by atoms with Gasteiger partial charge in [-0.15, -0.1) is 0 Å². The summed E-state index contributed by atoms with van der Waals surface area (Å²) in [6.45, 7) is 7.48. The number of amides is 1. The zero-order chi connectivity index (χ0) is 31.2. The summed E-state index contributed by atoms with van der Waals surface area (Å²) < 4.78 is 11.5. The van der Waals surface area contributed by atoms with Gasteiger partial charge in [0.1, 0.15) is 18.8 Å². The van der Waals surface area contributed by atoms with Crippen LogP contribution in [0.2, 0.25) is 0 Å². The maximum absolute atomic E-state index is 13.6. The first-order chi connectivity index (χ1) is 20.6. The van der Waals surface area contributed by atoms with Gasteiger partial charge in [-0.2, -0.15) is 0 Å². The summed E-state index contributed by atoms with van der Waals surface area (Å²) in [5, 5.41) is 0. The number of carbonyl (C=O) groups is 4. The summed E-state index contributed by atoms with van der Waals surface area (Å²) in [5.74, 6) is -2.24. The highest BCUT2D eigenvalue weighted by atomic mass is 16.5. The van der Waals surface area contributed by atoms with Gasteiger partial charge < -0.3 is 14.4 Å². The number of rotatable bonds is 16. The largest absolute Gasteiger partial charge is 0.465 e. The second kappa shape index (κ2) is 17.0. The molecule has 0 N–H and O–H groups in total.